The Labute approximate surface area is 226 Å². The van der Waals surface area contributed by atoms with Crippen molar-refractivity contribution in [3.8, 4) is 5.75 Å². The molecule has 0 atom stereocenters. The zero-order chi connectivity index (χ0) is 26.3. The first kappa shape index (κ1) is 24.9. The Balaban J connectivity index is 1.19. The second kappa shape index (κ2) is 10.1. The molecule has 0 saturated carbocycles. The summed E-state index contributed by atoms with van der Waals surface area (Å²) in [6, 6.07) is 23.1. The SMILES string of the molecule is COc1ccc(S(=O)(=O)N2CCc3ccccc3C2)cc1N1CCN(C(=O)c2cc3ccccc3s2)CC1. The van der Waals surface area contributed by atoms with Gasteiger partial charge >= 0.3 is 0 Å². The summed E-state index contributed by atoms with van der Waals surface area (Å²) in [4.78, 5) is 18.2. The average molecular weight is 548 g/mol. The molecule has 1 saturated heterocycles. The van der Waals surface area contributed by atoms with E-state index in [0.717, 1.165) is 26.2 Å². The van der Waals surface area contributed by atoms with Crippen molar-refractivity contribution in [3.05, 3.63) is 88.8 Å². The molecule has 0 radical (unpaired) electrons. The number of benzene rings is 3. The summed E-state index contributed by atoms with van der Waals surface area (Å²) in [6.45, 7) is 3.12. The number of hydrogen-bond donors (Lipinski definition) is 0. The number of ether oxygens (including phenoxy) is 1. The lowest BCUT2D eigenvalue weighted by atomic mass is 10.0. The smallest absolute Gasteiger partial charge is 0.264 e. The molecule has 0 spiro atoms. The summed E-state index contributed by atoms with van der Waals surface area (Å²) in [7, 11) is -2.08. The monoisotopic (exact) mass is 547 g/mol. The molecular weight excluding hydrogens is 518 g/mol. The van der Waals surface area contributed by atoms with Gasteiger partial charge < -0.3 is 14.5 Å². The van der Waals surface area contributed by atoms with E-state index in [0.29, 0.717) is 51.4 Å². The molecule has 2 aliphatic rings. The molecule has 3 heterocycles. The predicted molar refractivity (Wildman–Crippen MR) is 151 cm³/mol. The minimum atomic E-state index is -3.68. The summed E-state index contributed by atoms with van der Waals surface area (Å²) in [5.41, 5.74) is 2.99. The normalized spacial score (nSPS) is 16.4. The number of carbonyl (C=O) groups is 1. The van der Waals surface area contributed by atoms with E-state index in [1.54, 1.807) is 29.6 Å². The number of piperazine rings is 1. The molecule has 0 aliphatic carbocycles. The molecule has 9 heteroatoms. The van der Waals surface area contributed by atoms with Gasteiger partial charge in [0.25, 0.3) is 5.91 Å². The first-order valence-corrected chi connectivity index (χ1v) is 15.0. The fourth-order valence-corrected chi connectivity index (χ4v) is 7.77. The van der Waals surface area contributed by atoms with Crippen LogP contribution in [0, 0.1) is 0 Å². The highest BCUT2D eigenvalue weighted by molar-refractivity contribution is 7.89. The number of carbonyl (C=O) groups excluding carboxylic acids is 1. The third-order valence-corrected chi connectivity index (χ3v) is 10.4. The second-order valence-electron chi connectivity index (χ2n) is 9.62. The van der Waals surface area contributed by atoms with Crippen LogP contribution in [0.15, 0.2) is 77.7 Å². The van der Waals surface area contributed by atoms with Gasteiger partial charge in [-0.15, -0.1) is 11.3 Å². The lowest BCUT2D eigenvalue weighted by Crippen LogP contribution is -2.48. The van der Waals surface area contributed by atoms with Gasteiger partial charge in [-0.3, -0.25) is 4.79 Å². The van der Waals surface area contributed by atoms with Gasteiger partial charge in [0.15, 0.2) is 0 Å². The van der Waals surface area contributed by atoms with E-state index in [1.165, 1.54) is 16.9 Å². The maximum atomic E-state index is 13.6. The fourth-order valence-electron chi connectivity index (χ4n) is 5.29. The Kier molecular flexibility index (Phi) is 6.59. The fraction of sp³-hybridized carbons (Fsp3) is 0.276. The summed E-state index contributed by atoms with van der Waals surface area (Å²) >= 11 is 1.52. The highest BCUT2D eigenvalue weighted by Gasteiger charge is 2.30. The minimum absolute atomic E-state index is 0.0412. The zero-order valence-electron chi connectivity index (χ0n) is 21.2. The van der Waals surface area contributed by atoms with E-state index < -0.39 is 10.0 Å². The number of rotatable bonds is 5. The van der Waals surface area contributed by atoms with Gasteiger partial charge in [-0.1, -0.05) is 42.5 Å². The Hall–Kier alpha value is -3.40. The molecule has 7 nitrogen and oxygen atoms in total. The van der Waals surface area contributed by atoms with Crippen LogP contribution in [0.1, 0.15) is 20.8 Å². The van der Waals surface area contributed by atoms with Gasteiger partial charge in [-0.05, 0) is 53.3 Å². The van der Waals surface area contributed by atoms with Crippen LogP contribution in [0.25, 0.3) is 10.1 Å². The van der Waals surface area contributed by atoms with Gasteiger partial charge in [-0.2, -0.15) is 4.31 Å². The van der Waals surface area contributed by atoms with Crippen LogP contribution in [0.2, 0.25) is 0 Å². The molecule has 38 heavy (non-hydrogen) atoms. The minimum Gasteiger partial charge on any atom is -0.495 e. The molecule has 1 amide bonds. The third-order valence-electron chi connectivity index (χ3n) is 7.43. The molecule has 196 valence electrons. The van der Waals surface area contributed by atoms with Crippen molar-refractivity contribution in [2.45, 2.75) is 17.9 Å². The lowest BCUT2D eigenvalue weighted by Gasteiger charge is -2.36. The number of anilines is 1. The lowest BCUT2D eigenvalue weighted by molar-refractivity contribution is 0.0751. The van der Waals surface area contributed by atoms with E-state index >= 15 is 0 Å². The number of amides is 1. The van der Waals surface area contributed by atoms with E-state index in [2.05, 4.69) is 11.0 Å². The molecule has 6 rings (SSSR count). The maximum absolute atomic E-state index is 13.6. The van der Waals surface area contributed by atoms with Crippen LogP contribution in [-0.4, -0.2) is 63.4 Å². The van der Waals surface area contributed by atoms with Crippen LogP contribution >= 0.6 is 11.3 Å². The summed E-state index contributed by atoms with van der Waals surface area (Å²) in [5, 5.41) is 1.08. The van der Waals surface area contributed by atoms with Gasteiger partial charge in [0.2, 0.25) is 10.0 Å². The molecule has 0 bridgehead atoms. The topological polar surface area (TPSA) is 70.2 Å². The molecular formula is C29H29N3O4S2. The number of methoxy groups -OCH3 is 1. The van der Waals surface area contributed by atoms with Crippen molar-refractivity contribution in [3.63, 3.8) is 0 Å². The maximum Gasteiger partial charge on any atom is 0.264 e. The molecule has 0 N–H and O–H groups in total. The highest BCUT2D eigenvalue weighted by Crippen LogP contribution is 2.34. The Morgan fingerprint density at radius 2 is 1.61 bits per heavy atom. The van der Waals surface area contributed by atoms with Crippen molar-refractivity contribution in [2.75, 3.05) is 44.7 Å². The standard InChI is InChI=1S/C29H29N3O4S2/c1-36-26-11-10-24(38(34,35)32-13-12-21-6-2-3-8-23(21)20-32)19-25(26)30-14-16-31(17-15-30)29(33)28-18-22-7-4-5-9-27(22)37-28/h2-11,18-19H,12-17,20H2,1H3. The number of sulfonamides is 1. The quantitative estimate of drug-likeness (QED) is 0.365. The largest absolute Gasteiger partial charge is 0.495 e. The van der Waals surface area contributed by atoms with Crippen molar-refractivity contribution in [2.24, 2.45) is 0 Å². The summed E-state index contributed by atoms with van der Waals surface area (Å²) < 4.78 is 35.5. The molecule has 1 fully saturated rings. The highest BCUT2D eigenvalue weighted by atomic mass is 32.2. The molecule has 3 aromatic carbocycles. The molecule has 2 aliphatic heterocycles. The van der Waals surface area contributed by atoms with Crippen molar-refractivity contribution in [1.29, 1.82) is 0 Å². The molecule has 0 unspecified atom stereocenters. The molecule has 4 aromatic rings. The Morgan fingerprint density at radius 1 is 0.868 bits per heavy atom. The first-order valence-electron chi connectivity index (χ1n) is 12.7. The van der Waals surface area contributed by atoms with Gasteiger partial charge in [0.05, 0.1) is 22.6 Å². The van der Waals surface area contributed by atoms with Gasteiger partial charge in [-0.25, -0.2) is 8.42 Å². The van der Waals surface area contributed by atoms with Crippen molar-refractivity contribution in [1.82, 2.24) is 9.21 Å². The number of thiophene rings is 1. The Morgan fingerprint density at radius 3 is 2.37 bits per heavy atom. The Bertz CT molecular complexity index is 1570. The first-order chi connectivity index (χ1) is 18.4. The predicted octanol–water partition coefficient (Wildman–Crippen LogP) is 4.62. The summed E-state index contributed by atoms with van der Waals surface area (Å²) in [5.74, 6) is 0.664. The summed E-state index contributed by atoms with van der Waals surface area (Å²) in [6.07, 6.45) is 0.703. The van der Waals surface area contributed by atoms with E-state index in [-0.39, 0.29) is 10.8 Å². The average Bonchev–Trinajstić information content (AvgIpc) is 3.41. The second-order valence-corrected chi connectivity index (χ2v) is 12.6. The number of fused-ring (bicyclic) bond motifs is 2. The van der Waals surface area contributed by atoms with E-state index in [1.807, 2.05) is 53.4 Å². The van der Waals surface area contributed by atoms with Crippen LogP contribution in [0.3, 0.4) is 0 Å². The van der Waals surface area contributed by atoms with E-state index in [9.17, 15) is 13.2 Å². The van der Waals surface area contributed by atoms with Crippen molar-refractivity contribution < 1.29 is 17.9 Å². The zero-order valence-corrected chi connectivity index (χ0v) is 22.8. The van der Waals surface area contributed by atoms with Crippen LogP contribution in [0.5, 0.6) is 5.75 Å². The van der Waals surface area contributed by atoms with Gasteiger partial charge in [0.1, 0.15) is 5.75 Å². The van der Waals surface area contributed by atoms with Crippen molar-refractivity contribution >= 4 is 43.0 Å². The van der Waals surface area contributed by atoms with Crippen LogP contribution in [-0.2, 0) is 23.0 Å². The van der Waals surface area contributed by atoms with Crippen LogP contribution < -0.4 is 9.64 Å². The van der Waals surface area contributed by atoms with E-state index in [4.69, 9.17) is 4.74 Å². The molecule has 1 aromatic heterocycles. The number of nitrogens with zero attached hydrogens (tertiary/aromatic N) is 3. The third kappa shape index (κ3) is 4.55. The van der Waals surface area contributed by atoms with Crippen LogP contribution in [0.4, 0.5) is 5.69 Å². The number of hydrogen-bond acceptors (Lipinski definition) is 6. The van der Waals surface area contributed by atoms with Gasteiger partial charge in [0, 0.05) is 44.0 Å².